The van der Waals surface area contributed by atoms with E-state index in [4.69, 9.17) is 4.74 Å². The Kier molecular flexibility index (Phi) is 1.66. The molecule has 3 heterocycles. The summed E-state index contributed by atoms with van der Waals surface area (Å²) in [6.07, 6.45) is 2.50. The van der Waals surface area contributed by atoms with Crippen LogP contribution in [0, 0.1) is 11.8 Å². The Labute approximate surface area is 93.6 Å². The molecule has 2 fully saturated rings. The molecule has 1 N–H and O–H groups in total. The third-order valence-electron chi connectivity index (χ3n) is 4.40. The molecular weight excluding hydrogens is 206 g/mol. The van der Waals surface area contributed by atoms with Crippen LogP contribution in [-0.4, -0.2) is 19.8 Å². The molecule has 0 radical (unpaired) electrons. The first-order valence-electron chi connectivity index (χ1n) is 5.80. The van der Waals surface area contributed by atoms with Crippen LogP contribution in [0.3, 0.4) is 0 Å². The third kappa shape index (κ3) is 0.967. The first-order chi connectivity index (χ1) is 7.40. The van der Waals surface area contributed by atoms with Crippen molar-refractivity contribution in [1.29, 1.82) is 0 Å². The van der Waals surface area contributed by atoms with Crippen molar-refractivity contribution in [3.63, 3.8) is 0 Å². The van der Waals surface area contributed by atoms with E-state index in [0.29, 0.717) is 5.54 Å². The van der Waals surface area contributed by atoms with Crippen LogP contribution in [0.1, 0.15) is 16.9 Å². The zero-order valence-electron chi connectivity index (χ0n) is 8.66. The lowest BCUT2D eigenvalue weighted by Crippen LogP contribution is -2.61. The smallest absolute Gasteiger partial charge is 0.0589 e. The average Bonchev–Trinajstić information content (AvgIpc) is 2.82. The summed E-state index contributed by atoms with van der Waals surface area (Å²) < 4.78 is 5.62. The first-order valence-corrected chi connectivity index (χ1v) is 6.68. The van der Waals surface area contributed by atoms with E-state index in [2.05, 4.69) is 16.8 Å². The van der Waals surface area contributed by atoms with Gasteiger partial charge in [0.25, 0.3) is 0 Å². The third-order valence-corrected chi connectivity index (χ3v) is 5.54. The van der Waals surface area contributed by atoms with E-state index < -0.39 is 0 Å². The van der Waals surface area contributed by atoms with Gasteiger partial charge in [0, 0.05) is 23.9 Å². The van der Waals surface area contributed by atoms with Gasteiger partial charge in [-0.05, 0) is 35.8 Å². The molecule has 15 heavy (non-hydrogen) atoms. The van der Waals surface area contributed by atoms with Crippen molar-refractivity contribution in [2.45, 2.75) is 18.4 Å². The largest absolute Gasteiger partial charge is 0.381 e. The van der Waals surface area contributed by atoms with Gasteiger partial charge < -0.3 is 10.1 Å². The molecule has 1 spiro atoms. The fourth-order valence-corrected chi connectivity index (χ4v) is 4.84. The molecular formula is C12H15NOS. The molecule has 3 aliphatic rings. The highest BCUT2D eigenvalue weighted by atomic mass is 32.1. The molecule has 1 unspecified atom stereocenters. The van der Waals surface area contributed by atoms with Crippen LogP contribution < -0.4 is 5.32 Å². The lowest BCUT2D eigenvalue weighted by Gasteiger charge is -2.53. The van der Waals surface area contributed by atoms with Gasteiger partial charge in [0.05, 0.1) is 12.1 Å². The Morgan fingerprint density at radius 2 is 2.47 bits per heavy atom. The molecule has 0 amide bonds. The van der Waals surface area contributed by atoms with Gasteiger partial charge in [-0.2, -0.15) is 0 Å². The van der Waals surface area contributed by atoms with E-state index >= 15 is 0 Å². The summed E-state index contributed by atoms with van der Waals surface area (Å²) in [4.78, 5) is 1.61. The normalized spacial score (nSPS) is 42.4. The molecule has 2 aliphatic heterocycles. The van der Waals surface area contributed by atoms with Gasteiger partial charge in [-0.15, -0.1) is 11.3 Å². The molecule has 80 valence electrons. The van der Waals surface area contributed by atoms with E-state index in [-0.39, 0.29) is 0 Å². The Hall–Kier alpha value is -0.380. The Balaban J connectivity index is 1.80. The van der Waals surface area contributed by atoms with Crippen LogP contribution in [0.15, 0.2) is 11.4 Å². The highest BCUT2D eigenvalue weighted by Crippen LogP contribution is 2.56. The van der Waals surface area contributed by atoms with Gasteiger partial charge in [-0.3, -0.25) is 0 Å². The molecule has 0 aromatic carbocycles. The van der Waals surface area contributed by atoms with Gasteiger partial charge >= 0.3 is 0 Å². The standard InChI is InChI=1S/C12H15NOS/c1-3-13-12(11-8(1)2-4-15-11)5-9-6-14-7-10(9)12/h2,4,9-10,13H,1,3,5-7H2/t9-,10+,12?/m1/s1. The van der Waals surface area contributed by atoms with E-state index in [1.165, 1.54) is 12.8 Å². The molecule has 2 nitrogen and oxygen atoms in total. The van der Waals surface area contributed by atoms with Crippen LogP contribution in [0.25, 0.3) is 0 Å². The quantitative estimate of drug-likeness (QED) is 0.720. The van der Waals surface area contributed by atoms with Crippen LogP contribution in [0.2, 0.25) is 0 Å². The maximum atomic E-state index is 5.62. The van der Waals surface area contributed by atoms with Crippen LogP contribution in [0.5, 0.6) is 0 Å². The minimum absolute atomic E-state index is 0.308. The van der Waals surface area contributed by atoms with Crippen molar-refractivity contribution in [1.82, 2.24) is 5.32 Å². The van der Waals surface area contributed by atoms with Crippen molar-refractivity contribution >= 4 is 11.3 Å². The second-order valence-electron chi connectivity index (χ2n) is 5.03. The fourth-order valence-electron chi connectivity index (χ4n) is 3.64. The van der Waals surface area contributed by atoms with E-state index in [1.807, 2.05) is 11.3 Å². The summed E-state index contributed by atoms with van der Waals surface area (Å²) in [6, 6.07) is 2.31. The average molecular weight is 221 g/mol. The second-order valence-corrected chi connectivity index (χ2v) is 5.95. The Morgan fingerprint density at radius 3 is 3.40 bits per heavy atom. The molecule has 1 saturated heterocycles. The predicted octanol–water partition coefficient (Wildman–Crippen LogP) is 1.76. The molecule has 1 saturated carbocycles. The number of fused-ring (bicyclic) bond motifs is 4. The summed E-state index contributed by atoms with van der Waals surface area (Å²) >= 11 is 1.94. The lowest BCUT2D eigenvalue weighted by atomic mass is 9.58. The highest BCUT2D eigenvalue weighted by Gasteiger charge is 2.58. The van der Waals surface area contributed by atoms with E-state index in [0.717, 1.165) is 31.6 Å². The zero-order chi connectivity index (χ0) is 9.88. The molecule has 4 rings (SSSR count). The fraction of sp³-hybridized carbons (Fsp3) is 0.667. The van der Waals surface area contributed by atoms with Crippen LogP contribution >= 0.6 is 11.3 Å². The molecule has 3 heteroatoms. The zero-order valence-corrected chi connectivity index (χ0v) is 9.48. The van der Waals surface area contributed by atoms with Crippen molar-refractivity contribution in [2.75, 3.05) is 19.8 Å². The lowest BCUT2D eigenvalue weighted by molar-refractivity contribution is 0.0358. The van der Waals surface area contributed by atoms with Gasteiger partial charge in [-0.25, -0.2) is 0 Å². The summed E-state index contributed by atoms with van der Waals surface area (Å²) in [5, 5.41) is 6.03. The number of rotatable bonds is 0. The Morgan fingerprint density at radius 1 is 1.47 bits per heavy atom. The van der Waals surface area contributed by atoms with E-state index in [1.54, 1.807) is 10.4 Å². The van der Waals surface area contributed by atoms with Crippen molar-refractivity contribution in [3.05, 3.63) is 21.9 Å². The summed E-state index contributed by atoms with van der Waals surface area (Å²) in [6.45, 7) is 3.11. The minimum atomic E-state index is 0.308. The SMILES string of the molecule is c1cc2c(s1)C1(C[C@@H]3COC[C@@H]31)NCC2. The summed E-state index contributed by atoms with van der Waals surface area (Å²) in [5.41, 5.74) is 1.90. The number of hydrogen-bond donors (Lipinski definition) is 1. The number of ether oxygens (including phenoxy) is 1. The van der Waals surface area contributed by atoms with Crippen LogP contribution in [0.4, 0.5) is 0 Å². The minimum Gasteiger partial charge on any atom is -0.381 e. The summed E-state index contributed by atoms with van der Waals surface area (Å²) in [7, 11) is 0. The van der Waals surface area contributed by atoms with Crippen molar-refractivity contribution in [3.8, 4) is 0 Å². The monoisotopic (exact) mass is 221 g/mol. The maximum Gasteiger partial charge on any atom is 0.0589 e. The van der Waals surface area contributed by atoms with Gasteiger partial charge in [0.2, 0.25) is 0 Å². The number of thiophene rings is 1. The highest BCUT2D eigenvalue weighted by molar-refractivity contribution is 7.10. The first kappa shape index (κ1) is 8.74. The topological polar surface area (TPSA) is 21.3 Å². The number of nitrogens with one attached hydrogen (secondary N) is 1. The van der Waals surface area contributed by atoms with Crippen molar-refractivity contribution < 1.29 is 4.74 Å². The maximum absolute atomic E-state index is 5.62. The molecule has 0 bridgehead atoms. The molecule has 1 aromatic rings. The van der Waals surface area contributed by atoms with Gasteiger partial charge in [0.15, 0.2) is 0 Å². The second kappa shape index (κ2) is 2.84. The van der Waals surface area contributed by atoms with Gasteiger partial charge in [-0.1, -0.05) is 0 Å². The number of hydrogen-bond acceptors (Lipinski definition) is 3. The molecule has 1 aliphatic carbocycles. The summed E-state index contributed by atoms with van der Waals surface area (Å²) in [5.74, 6) is 1.57. The van der Waals surface area contributed by atoms with Crippen LogP contribution in [-0.2, 0) is 16.7 Å². The van der Waals surface area contributed by atoms with Gasteiger partial charge in [0.1, 0.15) is 0 Å². The van der Waals surface area contributed by atoms with Crippen molar-refractivity contribution in [2.24, 2.45) is 11.8 Å². The van der Waals surface area contributed by atoms with E-state index in [9.17, 15) is 0 Å². The molecule has 3 atom stereocenters. The molecule has 1 aromatic heterocycles. The Bertz CT molecular complexity index is 402. The predicted molar refractivity (Wildman–Crippen MR) is 60.1 cm³/mol.